The van der Waals surface area contributed by atoms with Crippen molar-refractivity contribution >= 4 is 18.6 Å². The zero-order valence-electron chi connectivity index (χ0n) is 17.3. The highest BCUT2D eigenvalue weighted by Gasteiger charge is 2.41. The van der Waals surface area contributed by atoms with Gasteiger partial charge in [0.1, 0.15) is 11.4 Å². The van der Waals surface area contributed by atoms with Gasteiger partial charge < -0.3 is 9.84 Å². The van der Waals surface area contributed by atoms with E-state index in [4.69, 9.17) is 4.74 Å². The third kappa shape index (κ3) is 5.66. The van der Waals surface area contributed by atoms with Gasteiger partial charge in [0.05, 0.1) is 5.41 Å². The molecular weight excluding hydrogens is 356 g/mol. The van der Waals surface area contributed by atoms with E-state index < -0.39 is 5.41 Å². The molecule has 0 aliphatic heterocycles. The van der Waals surface area contributed by atoms with E-state index in [1.54, 1.807) is 12.1 Å². The number of carbonyl (C=O) groups excluding carboxylic acids is 1. The SMILES string of the molecule is CCC(CC(C)(C)C(=O)OC1(CC)CCC(CS)CC1)c1ccc(O)cc1. The largest absolute Gasteiger partial charge is 0.508 e. The van der Waals surface area contributed by atoms with Gasteiger partial charge in [-0.3, -0.25) is 4.79 Å². The van der Waals surface area contributed by atoms with Gasteiger partial charge in [0.2, 0.25) is 0 Å². The second-order valence-electron chi connectivity index (χ2n) is 8.84. The second kappa shape index (κ2) is 9.36. The van der Waals surface area contributed by atoms with Crippen molar-refractivity contribution in [2.45, 2.75) is 84.2 Å². The summed E-state index contributed by atoms with van der Waals surface area (Å²) < 4.78 is 6.18. The summed E-state index contributed by atoms with van der Waals surface area (Å²) in [6, 6.07) is 7.35. The predicted molar refractivity (Wildman–Crippen MR) is 114 cm³/mol. The lowest BCUT2D eigenvalue weighted by molar-refractivity contribution is -0.176. The molecule has 0 radical (unpaired) electrons. The van der Waals surface area contributed by atoms with Crippen LogP contribution < -0.4 is 0 Å². The van der Waals surface area contributed by atoms with Crippen LogP contribution in [0.1, 0.15) is 84.1 Å². The van der Waals surface area contributed by atoms with Gasteiger partial charge >= 0.3 is 5.97 Å². The molecule has 152 valence electrons. The summed E-state index contributed by atoms with van der Waals surface area (Å²) in [6.07, 6.45) is 6.66. The minimum Gasteiger partial charge on any atom is -0.508 e. The Kier molecular flexibility index (Phi) is 7.67. The molecule has 0 spiro atoms. The molecule has 1 atom stereocenters. The van der Waals surface area contributed by atoms with Gasteiger partial charge in [0.15, 0.2) is 0 Å². The average Bonchev–Trinajstić information content (AvgIpc) is 2.67. The number of hydrogen-bond acceptors (Lipinski definition) is 4. The fourth-order valence-corrected chi connectivity index (χ4v) is 4.56. The quantitative estimate of drug-likeness (QED) is 0.414. The lowest BCUT2D eigenvalue weighted by Crippen LogP contribution is -2.42. The van der Waals surface area contributed by atoms with Crippen molar-refractivity contribution in [1.29, 1.82) is 0 Å². The zero-order chi connectivity index (χ0) is 20.1. The first-order valence-corrected chi connectivity index (χ1v) is 11.0. The molecule has 1 aromatic carbocycles. The molecule has 1 aliphatic carbocycles. The number of benzene rings is 1. The Morgan fingerprint density at radius 3 is 2.33 bits per heavy atom. The van der Waals surface area contributed by atoms with Gasteiger partial charge in [-0.05, 0) is 94.1 Å². The Morgan fingerprint density at radius 2 is 1.85 bits per heavy atom. The van der Waals surface area contributed by atoms with Crippen LogP contribution in [0.3, 0.4) is 0 Å². The molecule has 0 heterocycles. The third-order valence-electron chi connectivity index (χ3n) is 6.39. The molecule has 1 N–H and O–H groups in total. The van der Waals surface area contributed by atoms with Crippen molar-refractivity contribution in [1.82, 2.24) is 0 Å². The molecule has 27 heavy (non-hydrogen) atoms. The van der Waals surface area contributed by atoms with Crippen LogP contribution in [0, 0.1) is 11.3 Å². The topological polar surface area (TPSA) is 46.5 Å². The Hall–Kier alpha value is -1.16. The Bertz CT molecular complexity index is 601. The number of phenolic OH excluding ortho intramolecular Hbond substituents is 1. The highest BCUT2D eigenvalue weighted by atomic mass is 32.1. The van der Waals surface area contributed by atoms with Gasteiger partial charge in [-0.25, -0.2) is 0 Å². The summed E-state index contributed by atoms with van der Waals surface area (Å²) in [6.45, 7) is 8.28. The van der Waals surface area contributed by atoms with Crippen molar-refractivity contribution < 1.29 is 14.6 Å². The van der Waals surface area contributed by atoms with E-state index >= 15 is 0 Å². The highest BCUT2D eigenvalue weighted by molar-refractivity contribution is 7.80. The van der Waals surface area contributed by atoms with Crippen LogP contribution in [-0.2, 0) is 9.53 Å². The van der Waals surface area contributed by atoms with Crippen LogP contribution in [-0.4, -0.2) is 22.4 Å². The lowest BCUT2D eigenvalue weighted by Gasteiger charge is -2.41. The Morgan fingerprint density at radius 1 is 1.26 bits per heavy atom. The maximum absolute atomic E-state index is 13.1. The van der Waals surface area contributed by atoms with E-state index in [9.17, 15) is 9.90 Å². The first-order valence-electron chi connectivity index (χ1n) is 10.4. The molecule has 0 amide bonds. The van der Waals surface area contributed by atoms with Crippen molar-refractivity contribution in [2.24, 2.45) is 11.3 Å². The van der Waals surface area contributed by atoms with Crippen molar-refractivity contribution in [3.05, 3.63) is 29.8 Å². The van der Waals surface area contributed by atoms with Gasteiger partial charge in [-0.1, -0.05) is 26.0 Å². The van der Waals surface area contributed by atoms with Crippen LogP contribution in [0.25, 0.3) is 0 Å². The second-order valence-corrected chi connectivity index (χ2v) is 9.20. The van der Waals surface area contributed by atoms with Crippen LogP contribution >= 0.6 is 12.6 Å². The summed E-state index contributed by atoms with van der Waals surface area (Å²) >= 11 is 4.43. The Balaban J connectivity index is 2.05. The predicted octanol–water partition coefficient (Wildman–Crippen LogP) is 6.11. The minimum absolute atomic E-state index is 0.0779. The standard InChI is InChI=1S/C23H36O3S/c1-5-18(19-7-9-20(24)10-8-19)15-22(3,4)21(25)26-23(6-2)13-11-17(16-27)12-14-23/h7-10,17-18,24,27H,5-6,11-16H2,1-4H3. The normalized spacial score (nSPS) is 24.4. The molecule has 2 rings (SSSR count). The van der Waals surface area contributed by atoms with Crippen LogP contribution in [0.5, 0.6) is 5.75 Å². The molecule has 1 unspecified atom stereocenters. The first kappa shape index (κ1) is 22.1. The van der Waals surface area contributed by atoms with Gasteiger partial charge in [0, 0.05) is 0 Å². The molecule has 0 saturated heterocycles. The third-order valence-corrected chi connectivity index (χ3v) is 6.91. The molecular formula is C23H36O3S. The van der Waals surface area contributed by atoms with E-state index in [1.165, 1.54) is 0 Å². The highest BCUT2D eigenvalue weighted by Crippen LogP contribution is 2.41. The number of hydrogen-bond donors (Lipinski definition) is 2. The van der Waals surface area contributed by atoms with Crippen LogP contribution in [0.15, 0.2) is 24.3 Å². The number of thiol groups is 1. The number of phenols is 1. The molecule has 0 bridgehead atoms. The number of ether oxygens (including phenoxy) is 1. The van der Waals surface area contributed by atoms with Crippen LogP contribution in [0.4, 0.5) is 0 Å². The fraction of sp³-hybridized carbons (Fsp3) is 0.696. The molecule has 1 aliphatic rings. The summed E-state index contributed by atoms with van der Waals surface area (Å²) in [5.74, 6) is 2.04. The van der Waals surface area contributed by atoms with Crippen molar-refractivity contribution in [2.75, 3.05) is 5.75 Å². The monoisotopic (exact) mass is 392 g/mol. The minimum atomic E-state index is -0.541. The van der Waals surface area contributed by atoms with E-state index in [2.05, 4.69) is 26.5 Å². The van der Waals surface area contributed by atoms with Gasteiger partial charge in [-0.15, -0.1) is 0 Å². The van der Waals surface area contributed by atoms with E-state index in [-0.39, 0.29) is 23.2 Å². The Labute approximate surface area is 170 Å². The smallest absolute Gasteiger partial charge is 0.312 e. The van der Waals surface area contributed by atoms with E-state index in [0.717, 1.165) is 56.3 Å². The molecule has 4 heteroatoms. The molecule has 3 nitrogen and oxygen atoms in total. The summed E-state index contributed by atoms with van der Waals surface area (Å²) in [7, 11) is 0. The maximum Gasteiger partial charge on any atom is 0.312 e. The number of aromatic hydroxyl groups is 1. The van der Waals surface area contributed by atoms with Crippen molar-refractivity contribution in [3.8, 4) is 5.75 Å². The molecule has 1 aromatic rings. The molecule has 1 saturated carbocycles. The average molecular weight is 393 g/mol. The summed E-state index contributed by atoms with van der Waals surface area (Å²) in [4.78, 5) is 13.1. The number of rotatable bonds is 8. The fourth-order valence-electron chi connectivity index (χ4n) is 4.19. The summed E-state index contributed by atoms with van der Waals surface area (Å²) in [5.41, 5.74) is 0.325. The van der Waals surface area contributed by atoms with Crippen molar-refractivity contribution in [3.63, 3.8) is 0 Å². The van der Waals surface area contributed by atoms with Gasteiger partial charge in [-0.2, -0.15) is 12.6 Å². The first-order chi connectivity index (χ1) is 12.7. The van der Waals surface area contributed by atoms with E-state index in [1.807, 2.05) is 26.0 Å². The lowest BCUT2D eigenvalue weighted by atomic mass is 9.76. The van der Waals surface area contributed by atoms with Gasteiger partial charge in [0.25, 0.3) is 0 Å². The molecule has 0 aromatic heterocycles. The van der Waals surface area contributed by atoms with E-state index in [0.29, 0.717) is 5.92 Å². The zero-order valence-corrected chi connectivity index (χ0v) is 18.2. The summed E-state index contributed by atoms with van der Waals surface area (Å²) in [5, 5.41) is 9.53. The number of esters is 1. The molecule has 1 fully saturated rings. The maximum atomic E-state index is 13.1. The van der Waals surface area contributed by atoms with Crippen LogP contribution in [0.2, 0.25) is 0 Å². The number of carbonyl (C=O) groups is 1.